The first-order valence-corrected chi connectivity index (χ1v) is 14.3. The zero-order valence-electron chi connectivity index (χ0n) is 20.8. The minimum absolute atomic E-state index is 0.0534. The minimum atomic E-state index is -4.09. The Morgan fingerprint density at radius 1 is 0.946 bits per heavy atom. The minimum Gasteiger partial charge on any atom is -0.352 e. The fraction of sp³-hybridized carbons (Fsp3) is 0.259. The molecule has 10 heteroatoms. The zero-order chi connectivity index (χ0) is 27.2. The van der Waals surface area contributed by atoms with Crippen LogP contribution in [-0.4, -0.2) is 43.8 Å². The van der Waals surface area contributed by atoms with Crippen molar-refractivity contribution < 1.29 is 18.0 Å². The van der Waals surface area contributed by atoms with E-state index in [4.69, 9.17) is 11.6 Å². The van der Waals surface area contributed by atoms with E-state index in [0.717, 1.165) is 8.78 Å². The molecule has 0 saturated heterocycles. The second-order valence-electron chi connectivity index (χ2n) is 8.79. The first-order valence-electron chi connectivity index (χ1n) is 11.7. The van der Waals surface area contributed by atoms with Gasteiger partial charge in [-0.05, 0) is 74.9 Å². The van der Waals surface area contributed by atoms with E-state index in [1.807, 2.05) is 13.8 Å². The topological polar surface area (TPSA) is 86.8 Å². The molecule has 0 bridgehead atoms. The Kier molecular flexibility index (Phi) is 9.75. The lowest BCUT2D eigenvalue weighted by molar-refractivity contribution is -0.139. The van der Waals surface area contributed by atoms with Crippen molar-refractivity contribution in [2.75, 3.05) is 10.8 Å². The van der Waals surface area contributed by atoms with Gasteiger partial charge in [-0.3, -0.25) is 13.9 Å². The average molecular weight is 607 g/mol. The number of nitrogens with one attached hydrogen (secondary N) is 1. The second-order valence-corrected chi connectivity index (χ2v) is 12.0. The van der Waals surface area contributed by atoms with Gasteiger partial charge in [-0.15, -0.1) is 0 Å². The van der Waals surface area contributed by atoms with Gasteiger partial charge >= 0.3 is 0 Å². The summed E-state index contributed by atoms with van der Waals surface area (Å²) in [6.07, 6.45) is 0. The molecule has 3 aromatic rings. The molecule has 1 atom stereocenters. The monoisotopic (exact) mass is 605 g/mol. The summed E-state index contributed by atoms with van der Waals surface area (Å²) in [5.74, 6) is -0.875. The largest absolute Gasteiger partial charge is 0.352 e. The maximum absolute atomic E-state index is 13.8. The lowest BCUT2D eigenvalue weighted by Gasteiger charge is -2.32. The van der Waals surface area contributed by atoms with Gasteiger partial charge in [0.05, 0.1) is 10.6 Å². The Balaban J connectivity index is 2.01. The Labute approximate surface area is 231 Å². The number of nitrogens with zero attached hydrogens (tertiary/aromatic N) is 2. The van der Waals surface area contributed by atoms with Gasteiger partial charge in [0.25, 0.3) is 10.0 Å². The Morgan fingerprint density at radius 2 is 1.59 bits per heavy atom. The number of rotatable bonds is 10. The molecule has 0 saturated carbocycles. The third-order valence-corrected chi connectivity index (χ3v) is 8.12. The molecule has 0 fully saturated rings. The van der Waals surface area contributed by atoms with Gasteiger partial charge in [-0.2, -0.15) is 0 Å². The van der Waals surface area contributed by atoms with E-state index in [1.165, 1.54) is 17.0 Å². The summed E-state index contributed by atoms with van der Waals surface area (Å²) < 4.78 is 29.2. The maximum Gasteiger partial charge on any atom is 0.264 e. The van der Waals surface area contributed by atoms with Crippen molar-refractivity contribution in [3.8, 4) is 0 Å². The number of hydrogen-bond acceptors (Lipinski definition) is 4. The quantitative estimate of drug-likeness (QED) is 0.342. The number of benzene rings is 3. The van der Waals surface area contributed by atoms with Crippen LogP contribution in [0.1, 0.15) is 26.3 Å². The molecule has 0 aromatic heterocycles. The highest BCUT2D eigenvalue weighted by Gasteiger charge is 2.32. The molecule has 3 aromatic carbocycles. The number of amides is 2. The first kappa shape index (κ1) is 28.7. The molecule has 3 rings (SSSR count). The smallest absolute Gasteiger partial charge is 0.264 e. The number of halogens is 2. The second kappa shape index (κ2) is 12.6. The van der Waals surface area contributed by atoms with Crippen LogP contribution in [0.3, 0.4) is 0 Å². The molecule has 0 heterocycles. The van der Waals surface area contributed by atoms with E-state index in [0.29, 0.717) is 16.3 Å². The van der Waals surface area contributed by atoms with E-state index in [9.17, 15) is 18.0 Å². The van der Waals surface area contributed by atoms with E-state index in [-0.39, 0.29) is 23.4 Å². The highest BCUT2D eigenvalue weighted by molar-refractivity contribution is 9.10. The maximum atomic E-state index is 13.8. The number of sulfonamides is 1. The third kappa shape index (κ3) is 7.56. The van der Waals surface area contributed by atoms with Crippen molar-refractivity contribution in [3.05, 3.63) is 93.9 Å². The SMILES string of the molecule is CC(C)NC(=O)[C@@H](C)N(Cc1cccc(Cl)c1)C(=O)CN(c1ccc(Br)cc1)S(=O)(=O)c1ccccc1. The Hall–Kier alpha value is -2.88. The molecule has 2 amide bonds. The Morgan fingerprint density at radius 3 is 2.19 bits per heavy atom. The molecule has 0 aliphatic rings. The van der Waals surface area contributed by atoms with Crippen molar-refractivity contribution in [1.29, 1.82) is 0 Å². The predicted molar refractivity (Wildman–Crippen MR) is 150 cm³/mol. The van der Waals surface area contributed by atoms with Crippen molar-refractivity contribution in [2.24, 2.45) is 0 Å². The van der Waals surface area contributed by atoms with Crippen LogP contribution >= 0.6 is 27.5 Å². The molecular weight excluding hydrogens is 578 g/mol. The molecule has 0 unspecified atom stereocenters. The van der Waals surface area contributed by atoms with Crippen LogP contribution in [0.5, 0.6) is 0 Å². The van der Waals surface area contributed by atoms with Crippen LogP contribution in [0.15, 0.2) is 88.2 Å². The molecule has 7 nitrogen and oxygen atoms in total. The van der Waals surface area contributed by atoms with Gasteiger partial charge in [0.1, 0.15) is 12.6 Å². The van der Waals surface area contributed by atoms with Crippen LogP contribution in [0, 0.1) is 0 Å². The van der Waals surface area contributed by atoms with Crippen LogP contribution < -0.4 is 9.62 Å². The molecular formula is C27H29BrClN3O4S. The standard InChI is InChI=1S/C27H29BrClN3O4S/c1-19(2)30-27(34)20(3)31(17-21-8-7-9-23(29)16-21)26(33)18-32(24-14-12-22(28)13-15-24)37(35,36)25-10-5-4-6-11-25/h4-16,19-20H,17-18H2,1-3H3,(H,30,34)/t20-/m1/s1. The van der Waals surface area contributed by atoms with Gasteiger partial charge in [0, 0.05) is 22.1 Å². The fourth-order valence-corrected chi connectivity index (χ4v) is 5.59. The van der Waals surface area contributed by atoms with Crippen LogP contribution in [0.4, 0.5) is 5.69 Å². The van der Waals surface area contributed by atoms with Crippen molar-refractivity contribution in [2.45, 2.75) is 44.3 Å². The Bertz CT molecular complexity index is 1340. The van der Waals surface area contributed by atoms with Crippen molar-refractivity contribution in [3.63, 3.8) is 0 Å². The van der Waals surface area contributed by atoms with Crippen molar-refractivity contribution >= 4 is 55.1 Å². The fourth-order valence-electron chi connectivity index (χ4n) is 3.68. The highest BCUT2D eigenvalue weighted by atomic mass is 79.9. The van der Waals surface area contributed by atoms with Crippen LogP contribution in [-0.2, 0) is 26.2 Å². The third-order valence-electron chi connectivity index (χ3n) is 5.56. The number of carbonyl (C=O) groups excluding carboxylic acids is 2. The van der Waals surface area contributed by atoms with Crippen molar-refractivity contribution in [1.82, 2.24) is 10.2 Å². The molecule has 37 heavy (non-hydrogen) atoms. The molecule has 0 spiro atoms. The van der Waals surface area contributed by atoms with Gasteiger partial charge in [-0.1, -0.05) is 57.9 Å². The summed E-state index contributed by atoms with van der Waals surface area (Å²) in [7, 11) is -4.09. The zero-order valence-corrected chi connectivity index (χ0v) is 23.9. The molecule has 196 valence electrons. The molecule has 0 aliphatic heterocycles. The molecule has 0 radical (unpaired) electrons. The summed E-state index contributed by atoms with van der Waals surface area (Å²) in [6.45, 7) is 4.85. The number of carbonyl (C=O) groups is 2. The normalized spacial score (nSPS) is 12.2. The average Bonchev–Trinajstić information content (AvgIpc) is 2.86. The summed E-state index contributed by atoms with van der Waals surface area (Å²) in [5.41, 5.74) is 1.04. The van der Waals surface area contributed by atoms with Gasteiger partial charge in [0.2, 0.25) is 11.8 Å². The van der Waals surface area contributed by atoms with Crippen LogP contribution in [0.25, 0.3) is 0 Å². The van der Waals surface area contributed by atoms with E-state index >= 15 is 0 Å². The van der Waals surface area contributed by atoms with E-state index in [2.05, 4.69) is 21.2 Å². The molecule has 0 aliphatic carbocycles. The lowest BCUT2D eigenvalue weighted by Crippen LogP contribution is -2.52. The first-order chi connectivity index (χ1) is 17.5. The van der Waals surface area contributed by atoms with Crippen LogP contribution in [0.2, 0.25) is 5.02 Å². The lowest BCUT2D eigenvalue weighted by atomic mass is 10.1. The number of hydrogen-bond donors (Lipinski definition) is 1. The molecule has 1 N–H and O–H groups in total. The van der Waals surface area contributed by atoms with E-state index in [1.54, 1.807) is 73.7 Å². The number of anilines is 1. The predicted octanol–water partition coefficient (Wildman–Crippen LogP) is 5.24. The van der Waals surface area contributed by atoms with E-state index < -0.39 is 28.5 Å². The summed E-state index contributed by atoms with van der Waals surface area (Å²) in [5, 5.41) is 3.32. The summed E-state index contributed by atoms with van der Waals surface area (Å²) in [6, 6.07) is 20.6. The summed E-state index contributed by atoms with van der Waals surface area (Å²) >= 11 is 9.51. The van der Waals surface area contributed by atoms with Gasteiger partial charge in [-0.25, -0.2) is 8.42 Å². The summed E-state index contributed by atoms with van der Waals surface area (Å²) in [4.78, 5) is 28.1. The van der Waals surface area contributed by atoms with Gasteiger partial charge < -0.3 is 10.2 Å². The highest BCUT2D eigenvalue weighted by Crippen LogP contribution is 2.26. The van der Waals surface area contributed by atoms with Gasteiger partial charge in [0.15, 0.2) is 0 Å².